The molecule has 0 aromatic heterocycles. The zero-order valence-electron chi connectivity index (χ0n) is 39.6. The maximum atomic E-state index is 14.5. The van der Waals surface area contributed by atoms with Gasteiger partial charge in [-0.2, -0.15) is 0 Å². The molecule has 0 bridgehead atoms. The van der Waals surface area contributed by atoms with Crippen LogP contribution in [0.2, 0.25) is 0 Å². The van der Waals surface area contributed by atoms with E-state index in [4.69, 9.17) is 22.9 Å². The normalized spacial score (nSPS) is 13.8. The standard InChI is InChI=1S/C46H68N10O12S/c1-28(2)23-35(45(65)54-33(42(50)62)20-22-69(4,67)68)52-41(61)27-56(3)46(66)36(25-30-13-9-6-10-14-30)55-43(63)31(24-29-11-7-5-8-12-29)26-37(57)32(15-17-38(48)58)53-44(64)34(16-18-39(49)59)51-40(60)19-21-47/h5-14,28,31-36H,15-27,47H2,1-4H3,(H2,48,58)(H2,49,59)(H2,50,62)(H,51,60)(H,52,61)(H,53,64)(H,54,65)(H,55,63)/t31-,32+,33+,34+,35+,36+/m1/s1. The summed E-state index contributed by atoms with van der Waals surface area (Å²) in [5.74, 6) is -9.52. The van der Waals surface area contributed by atoms with Crippen molar-refractivity contribution in [2.75, 3.05) is 32.1 Å². The number of amides is 9. The first-order valence-electron chi connectivity index (χ1n) is 22.5. The molecule has 2 aromatic carbocycles. The molecule has 0 unspecified atom stereocenters. The van der Waals surface area contributed by atoms with Crippen LogP contribution in [0, 0.1) is 11.8 Å². The number of ketones is 1. The van der Waals surface area contributed by atoms with E-state index in [9.17, 15) is 56.4 Å². The Kier molecular flexibility index (Phi) is 24.7. The van der Waals surface area contributed by atoms with Crippen molar-refractivity contribution in [3.63, 3.8) is 0 Å². The average molecular weight is 985 g/mol. The van der Waals surface area contributed by atoms with E-state index >= 15 is 0 Å². The maximum Gasteiger partial charge on any atom is 0.245 e. The molecule has 380 valence electrons. The number of primary amides is 3. The van der Waals surface area contributed by atoms with Crippen molar-refractivity contribution in [2.24, 2.45) is 34.8 Å². The summed E-state index contributed by atoms with van der Waals surface area (Å²) in [4.78, 5) is 132. The van der Waals surface area contributed by atoms with Crippen LogP contribution in [0.4, 0.5) is 0 Å². The van der Waals surface area contributed by atoms with Gasteiger partial charge in [0.25, 0.3) is 0 Å². The van der Waals surface area contributed by atoms with Gasteiger partial charge in [-0.25, -0.2) is 8.42 Å². The highest BCUT2D eigenvalue weighted by molar-refractivity contribution is 7.90. The van der Waals surface area contributed by atoms with Crippen LogP contribution in [0.5, 0.6) is 0 Å². The van der Waals surface area contributed by atoms with Crippen LogP contribution in [0.3, 0.4) is 0 Å². The topological polar surface area (TPSA) is 372 Å². The number of likely N-dealkylation sites (N-methyl/N-ethyl adjacent to an activating group) is 1. The highest BCUT2D eigenvalue weighted by Gasteiger charge is 2.34. The molecule has 2 rings (SSSR count). The lowest BCUT2D eigenvalue weighted by Crippen LogP contribution is -2.56. The molecular formula is C46H68N10O12S. The van der Waals surface area contributed by atoms with Gasteiger partial charge >= 0.3 is 0 Å². The number of hydrogen-bond acceptors (Lipinski definition) is 13. The number of carbonyl (C=O) groups excluding carboxylic acids is 10. The quantitative estimate of drug-likeness (QED) is 0.0376. The van der Waals surface area contributed by atoms with Crippen molar-refractivity contribution in [3.05, 3.63) is 71.8 Å². The van der Waals surface area contributed by atoms with Crippen molar-refractivity contribution in [1.29, 1.82) is 0 Å². The van der Waals surface area contributed by atoms with Crippen LogP contribution in [0.15, 0.2) is 60.7 Å². The van der Waals surface area contributed by atoms with Crippen LogP contribution in [0.25, 0.3) is 0 Å². The Morgan fingerprint density at radius 1 is 0.594 bits per heavy atom. The first-order valence-corrected chi connectivity index (χ1v) is 24.5. The Bertz CT molecular complexity index is 2210. The maximum absolute atomic E-state index is 14.5. The number of sulfone groups is 1. The molecule has 23 heteroatoms. The van der Waals surface area contributed by atoms with Crippen molar-refractivity contribution in [2.45, 2.75) is 108 Å². The van der Waals surface area contributed by atoms with E-state index in [2.05, 4.69) is 26.6 Å². The van der Waals surface area contributed by atoms with Crippen molar-refractivity contribution >= 4 is 68.8 Å². The second-order valence-electron chi connectivity index (χ2n) is 17.4. The fourth-order valence-electron chi connectivity index (χ4n) is 7.10. The minimum absolute atomic E-state index is 0.0278. The predicted octanol–water partition coefficient (Wildman–Crippen LogP) is -2.22. The Morgan fingerprint density at radius 2 is 1.09 bits per heavy atom. The van der Waals surface area contributed by atoms with Gasteiger partial charge in [-0.05, 0) is 49.1 Å². The van der Waals surface area contributed by atoms with Gasteiger partial charge in [0, 0.05) is 57.9 Å². The SMILES string of the molecule is CC(C)C[C@H](NC(=O)CN(C)C(=O)[C@H](Cc1ccccc1)NC(=O)[C@@H](CC(=O)[C@H](CCC(N)=O)NC(=O)[C@H](CCC(N)=O)NC(=O)CCN)Cc1ccccc1)C(=O)N[C@@H](CCS(C)(=O)=O)C(N)=O. The Labute approximate surface area is 402 Å². The third kappa shape index (κ3) is 23.2. The lowest BCUT2D eigenvalue weighted by Gasteiger charge is -2.28. The number of rotatable bonds is 32. The largest absolute Gasteiger partial charge is 0.370 e. The van der Waals surface area contributed by atoms with Crippen LogP contribution in [-0.2, 0) is 70.6 Å². The molecule has 0 aliphatic carbocycles. The summed E-state index contributed by atoms with van der Waals surface area (Å²) in [6, 6.07) is 10.7. The van der Waals surface area contributed by atoms with Crippen molar-refractivity contribution in [1.82, 2.24) is 31.5 Å². The summed E-state index contributed by atoms with van der Waals surface area (Å²) < 4.78 is 23.5. The molecule has 0 fully saturated rings. The monoisotopic (exact) mass is 984 g/mol. The predicted molar refractivity (Wildman–Crippen MR) is 254 cm³/mol. The average Bonchev–Trinajstić information content (AvgIpc) is 3.26. The summed E-state index contributed by atoms with van der Waals surface area (Å²) >= 11 is 0. The number of carbonyl (C=O) groups is 10. The zero-order valence-corrected chi connectivity index (χ0v) is 40.4. The lowest BCUT2D eigenvalue weighted by molar-refractivity contribution is -0.140. The molecule has 0 spiro atoms. The van der Waals surface area contributed by atoms with Gasteiger partial charge in [-0.15, -0.1) is 0 Å². The van der Waals surface area contributed by atoms with E-state index in [1.807, 2.05) is 0 Å². The first kappa shape index (κ1) is 58.4. The molecule has 9 amide bonds. The number of nitrogens with zero attached hydrogens (tertiary/aromatic N) is 1. The summed E-state index contributed by atoms with van der Waals surface area (Å²) in [5.41, 5.74) is 22.9. The smallest absolute Gasteiger partial charge is 0.245 e. The molecule has 0 aliphatic heterocycles. The number of nitrogens with one attached hydrogen (secondary N) is 5. The first-order chi connectivity index (χ1) is 32.4. The van der Waals surface area contributed by atoms with Crippen LogP contribution in [0.1, 0.15) is 76.3 Å². The van der Waals surface area contributed by atoms with Crippen molar-refractivity contribution < 1.29 is 56.4 Å². The van der Waals surface area contributed by atoms with E-state index in [1.54, 1.807) is 74.5 Å². The van der Waals surface area contributed by atoms with Crippen molar-refractivity contribution in [3.8, 4) is 0 Å². The van der Waals surface area contributed by atoms with Gasteiger partial charge in [-0.3, -0.25) is 47.9 Å². The second-order valence-corrected chi connectivity index (χ2v) is 19.6. The highest BCUT2D eigenvalue weighted by Crippen LogP contribution is 2.18. The van der Waals surface area contributed by atoms with Gasteiger partial charge in [0.05, 0.1) is 18.3 Å². The second kappa shape index (κ2) is 29.2. The van der Waals surface area contributed by atoms with E-state index < -0.39 is 124 Å². The van der Waals surface area contributed by atoms with Gasteiger partial charge in [0.15, 0.2) is 5.78 Å². The van der Waals surface area contributed by atoms with E-state index in [1.165, 1.54) is 7.05 Å². The summed E-state index contributed by atoms with van der Waals surface area (Å²) in [5, 5.41) is 12.8. The lowest BCUT2D eigenvalue weighted by atomic mass is 9.89. The molecule has 0 radical (unpaired) electrons. The molecule has 0 saturated carbocycles. The Morgan fingerprint density at radius 3 is 1.59 bits per heavy atom. The fraction of sp³-hybridized carbons (Fsp3) is 0.522. The van der Waals surface area contributed by atoms with Crippen LogP contribution in [-0.4, -0.2) is 135 Å². The fourth-order valence-corrected chi connectivity index (χ4v) is 7.76. The van der Waals surface area contributed by atoms with E-state index in [-0.39, 0.29) is 70.3 Å². The number of benzene rings is 2. The molecule has 0 aliphatic rings. The van der Waals surface area contributed by atoms with Crippen LogP contribution < -0.4 is 49.5 Å². The van der Waals surface area contributed by atoms with Gasteiger partial charge < -0.3 is 54.4 Å². The molecule has 0 heterocycles. The molecule has 22 nitrogen and oxygen atoms in total. The number of hydrogen-bond donors (Lipinski definition) is 9. The summed E-state index contributed by atoms with van der Waals surface area (Å²) in [6.45, 7) is 2.92. The number of nitrogens with two attached hydrogens (primary N) is 4. The molecule has 2 aromatic rings. The molecular weight excluding hydrogens is 917 g/mol. The summed E-state index contributed by atoms with van der Waals surface area (Å²) in [7, 11) is -2.20. The minimum atomic E-state index is -3.51. The third-order valence-electron chi connectivity index (χ3n) is 10.7. The Balaban J connectivity index is 2.45. The number of Topliss-reactive ketones (excluding diaryl/α,β-unsaturated/α-hetero) is 1. The summed E-state index contributed by atoms with van der Waals surface area (Å²) in [6.07, 6.45) is -1.15. The zero-order chi connectivity index (χ0) is 51.8. The van der Waals surface area contributed by atoms with Gasteiger partial charge in [-0.1, -0.05) is 74.5 Å². The minimum Gasteiger partial charge on any atom is -0.370 e. The molecule has 6 atom stereocenters. The highest BCUT2D eigenvalue weighted by atomic mass is 32.2. The molecule has 69 heavy (non-hydrogen) atoms. The van der Waals surface area contributed by atoms with Gasteiger partial charge in [0.2, 0.25) is 53.2 Å². The molecule has 0 saturated heterocycles. The van der Waals surface area contributed by atoms with Crippen LogP contribution >= 0.6 is 0 Å². The van der Waals surface area contributed by atoms with Gasteiger partial charge in [0.1, 0.15) is 34.0 Å². The third-order valence-corrected chi connectivity index (χ3v) is 11.7. The Hall–Kier alpha value is -6.75. The molecule has 13 N–H and O–H groups in total. The van der Waals surface area contributed by atoms with E-state index in [0.717, 1.165) is 11.2 Å². The van der Waals surface area contributed by atoms with E-state index in [0.29, 0.717) is 11.1 Å².